The summed E-state index contributed by atoms with van der Waals surface area (Å²) in [6, 6.07) is 5.64. The fourth-order valence-corrected chi connectivity index (χ4v) is 6.55. The van der Waals surface area contributed by atoms with E-state index in [1.165, 1.54) is 21.5 Å². The lowest BCUT2D eigenvalue weighted by molar-refractivity contribution is -0.124. The van der Waals surface area contributed by atoms with Gasteiger partial charge in [-0.05, 0) is 62.3 Å². The van der Waals surface area contributed by atoms with Crippen LogP contribution in [0.1, 0.15) is 34.4 Å². The SMILES string of the molecule is Cc1ccc(C)c(-n2c(SCC(=O)N3CCNC3=O)nc3sc4c(c3c2=O)CCCC4)c1. The lowest BCUT2D eigenvalue weighted by atomic mass is 9.97. The number of nitrogens with zero attached hydrogens (tertiary/aromatic N) is 3. The van der Waals surface area contributed by atoms with Crippen LogP contribution >= 0.6 is 23.1 Å². The quantitative estimate of drug-likeness (QED) is 0.467. The topological polar surface area (TPSA) is 84.3 Å². The molecule has 0 spiro atoms. The lowest BCUT2D eigenvalue weighted by Crippen LogP contribution is -2.35. The van der Waals surface area contributed by atoms with Crippen LogP contribution < -0.4 is 10.9 Å². The van der Waals surface area contributed by atoms with Crippen LogP contribution in [0, 0.1) is 13.8 Å². The highest BCUT2D eigenvalue weighted by molar-refractivity contribution is 7.99. The van der Waals surface area contributed by atoms with Gasteiger partial charge in [-0.1, -0.05) is 23.9 Å². The maximum absolute atomic E-state index is 13.9. The van der Waals surface area contributed by atoms with Gasteiger partial charge in [0, 0.05) is 18.0 Å². The van der Waals surface area contributed by atoms with Crippen LogP contribution in [0.25, 0.3) is 15.9 Å². The first kappa shape index (κ1) is 21.2. The summed E-state index contributed by atoms with van der Waals surface area (Å²) in [4.78, 5) is 46.5. The number of imide groups is 1. The molecule has 1 N–H and O–H groups in total. The summed E-state index contributed by atoms with van der Waals surface area (Å²) in [5.74, 6) is -0.237. The van der Waals surface area contributed by atoms with Gasteiger partial charge in [-0.3, -0.25) is 19.1 Å². The molecule has 3 amide bonds. The van der Waals surface area contributed by atoms with Gasteiger partial charge in [0.2, 0.25) is 5.91 Å². The molecule has 0 unspecified atom stereocenters. The Labute approximate surface area is 193 Å². The van der Waals surface area contributed by atoms with Crippen molar-refractivity contribution in [2.24, 2.45) is 0 Å². The molecule has 3 aromatic rings. The average Bonchev–Trinajstić information content (AvgIpc) is 3.37. The minimum Gasteiger partial charge on any atom is -0.336 e. The molecule has 2 aromatic heterocycles. The number of urea groups is 1. The number of aryl methyl sites for hydroxylation is 4. The number of amides is 3. The van der Waals surface area contributed by atoms with Crippen molar-refractivity contribution in [2.45, 2.75) is 44.7 Å². The van der Waals surface area contributed by atoms with Crippen LogP contribution in [-0.4, -0.2) is 45.2 Å². The predicted molar refractivity (Wildman–Crippen MR) is 127 cm³/mol. The molecule has 166 valence electrons. The van der Waals surface area contributed by atoms with E-state index < -0.39 is 0 Å². The third-order valence-corrected chi connectivity index (χ3v) is 8.16. The number of thioether (sulfide) groups is 1. The van der Waals surface area contributed by atoms with Crippen molar-refractivity contribution >= 4 is 45.3 Å². The number of rotatable bonds is 4. The molecule has 0 atom stereocenters. The highest BCUT2D eigenvalue weighted by Gasteiger charge is 2.28. The second-order valence-electron chi connectivity index (χ2n) is 8.28. The Morgan fingerprint density at radius 1 is 1.22 bits per heavy atom. The second-order valence-corrected chi connectivity index (χ2v) is 10.3. The van der Waals surface area contributed by atoms with E-state index in [0.29, 0.717) is 18.2 Å². The van der Waals surface area contributed by atoms with Crippen LogP contribution in [0.5, 0.6) is 0 Å². The van der Waals surface area contributed by atoms with Crippen LogP contribution in [0.3, 0.4) is 0 Å². The third-order valence-electron chi connectivity index (χ3n) is 6.05. The predicted octanol–water partition coefficient (Wildman–Crippen LogP) is 3.59. The molecule has 1 aromatic carbocycles. The third kappa shape index (κ3) is 3.63. The number of hydrogen-bond donors (Lipinski definition) is 1. The largest absolute Gasteiger partial charge is 0.336 e. The van der Waals surface area contributed by atoms with Crippen molar-refractivity contribution in [1.29, 1.82) is 0 Å². The molecule has 9 heteroatoms. The smallest absolute Gasteiger partial charge is 0.324 e. The normalized spacial score (nSPS) is 15.8. The molecule has 1 saturated heterocycles. The van der Waals surface area contributed by atoms with Gasteiger partial charge in [-0.2, -0.15) is 0 Å². The van der Waals surface area contributed by atoms with Gasteiger partial charge < -0.3 is 5.32 Å². The van der Waals surface area contributed by atoms with Crippen LogP contribution in [-0.2, 0) is 17.6 Å². The van der Waals surface area contributed by atoms with E-state index in [2.05, 4.69) is 5.32 Å². The van der Waals surface area contributed by atoms with Crippen LogP contribution in [0.15, 0.2) is 28.2 Å². The summed E-state index contributed by atoms with van der Waals surface area (Å²) >= 11 is 2.82. The Bertz CT molecular complexity index is 1310. The fourth-order valence-electron chi connectivity index (χ4n) is 4.37. The average molecular weight is 469 g/mol. The summed E-state index contributed by atoms with van der Waals surface area (Å²) in [6.45, 7) is 4.80. The molecule has 1 fully saturated rings. The maximum atomic E-state index is 13.9. The van der Waals surface area contributed by atoms with Gasteiger partial charge in [0.15, 0.2) is 5.16 Å². The number of fused-ring (bicyclic) bond motifs is 3. The summed E-state index contributed by atoms with van der Waals surface area (Å²) < 4.78 is 1.66. The molecule has 3 heterocycles. The maximum Gasteiger partial charge on any atom is 0.324 e. The standard InChI is InChI=1S/C23H24N4O3S2/c1-13-7-8-14(2)16(11-13)27-21(29)19-15-5-3-4-6-17(15)32-20(19)25-23(27)31-12-18(28)26-10-9-24-22(26)30/h7-8,11H,3-6,9-10,12H2,1-2H3,(H,24,30). The zero-order chi connectivity index (χ0) is 22.4. The van der Waals surface area contributed by atoms with E-state index in [0.717, 1.165) is 58.3 Å². The highest BCUT2D eigenvalue weighted by atomic mass is 32.2. The zero-order valence-corrected chi connectivity index (χ0v) is 19.7. The molecule has 0 bridgehead atoms. The first-order chi connectivity index (χ1) is 15.4. The first-order valence-electron chi connectivity index (χ1n) is 10.8. The molecule has 1 aliphatic heterocycles. The van der Waals surface area contributed by atoms with Gasteiger partial charge in [0.05, 0.1) is 16.8 Å². The van der Waals surface area contributed by atoms with E-state index in [1.54, 1.807) is 15.9 Å². The first-order valence-corrected chi connectivity index (χ1v) is 12.6. The Balaban J connectivity index is 1.63. The van der Waals surface area contributed by atoms with Gasteiger partial charge in [-0.15, -0.1) is 11.3 Å². The molecule has 32 heavy (non-hydrogen) atoms. The fraction of sp³-hybridized carbons (Fsp3) is 0.391. The van der Waals surface area contributed by atoms with E-state index in [9.17, 15) is 14.4 Å². The summed E-state index contributed by atoms with van der Waals surface area (Å²) in [7, 11) is 0. The minimum atomic E-state index is -0.364. The zero-order valence-electron chi connectivity index (χ0n) is 18.1. The summed E-state index contributed by atoms with van der Waals surface area (Å²) in [6.07, 6.45) is 4.13. The van der Waals surface area contributed by atoms with Crippen molar-refractivity contribution in [1.82, 2.24) is 19.8 Å². The Kier molecular flexibility index (Phi) is 5.54. The van der Waals surface area contributed by atoms with Gasteiger partial charge in [0.1, 0.15) is 4.83 Å². The Hall–Kier alpha value is -2.65. The monoisotopic (exact) mass is 468 g/mol. The molecular formula is C23H24N4O3S2. The summed E-state index contributed by atoms with van der Waals surface area (Å²) in [5.41, 5.74) is 3.88. The van der Waals surface area contributed by atoms with Gasteiger partial charge >= 0.3 is 6.03 Å². The van der Waals surface area contributed by atoms with E-state index in [1.807, 2.05) is 32.0 Å². The lowest BCUT2D eigenvalue weighted by Gasteiger charge is -2.16. The molecule has 7 nitrogen and oxygen atoms in total. The number of carbonyl (C=O) groups is 2. The number of nitrogens with one attached hydrogen (secondary N) is 1. The number of hydrogen-bond acceptors (Lipinski definition) is 6. The van der Waals surface area contributed by atoms with Crippen molar-refractivity contribution in [3.8, 4) is 5.69 Å². The summed E-state index contributed by atoms with van der Waals surface area (Å²) in [5, 5.41) is 3.86. The number of benzene rings is 1. The van der Waals surface area contributed by atoms with Crippen LogP contribution in [0.4, 0.5) is 4.79 Å². The Morgan fingerprint density at radius 2 is 2.03 bits per heavy atom. The second kappa shape index (κ2) is 8.37. The number of aromatic nitrogens is 2. The molecule has 5 rings (SSSR count). The van der Waals surface area contributed by atoms with Gasteiger partial charge in [-0.25, -0.2) is 9.78 Å². The number of carbonyl (C=O) groups excluding carboxylic acids is 2. The van der Waals surface area contributed by atoms with Gasteiger partial charge in [0.25, 0.3) is 5.56 Å². The Morgan fingerprint density at radius 3 is 2.81 bits per heavy atom. The van der Waals surface area contributed by atoms with E-state index in [-0.39, 0.29) is 23.3 Å². The highest BCUT2D eigenvalue weighted by Crippen LogP contribution is 2.35. The van der Waals surface area contributed by atoms with E-state index in [4.69, 9.17) is 4.98 Å². The van der Waals surface area contributed by atoms with E-state index >= 15 is 0 Å². The number of thiophene rings is 1. The minimum absolute atomic E-state index is 0.0430. The molecule has 0 saturated carbocycles. The van der Waals surface area contributed by atoms with Crippen LogP contribution in [0.2, 0.25) is 0 Å². The van der Waals surface area contributed by atoms with Crippen molar-refractivity contribution in [2.75, 3.05) is 18.8 Å². The molecular weight excluding hydrogens is 444 g/mol. The molecule has 2 aliphatic rings. The molecule has 1 aliphatic carbocycles. The van der Waals surface area contributed by atoms with Crippen molar-refractivity contribution < 1.29 is 9.59 Å². The van der Waals surface area contributed by atoms with Crippen molar-refractivity contribution in [3.05, 3.63) is 50.1 Å². The van der Waals surface area contributed by atoms with Crippen molar-refractivity contribution in [3.63, 3.8) is 0 Å². The molecule has 0 radical (unpaired) electrons.